The Morgan fingerprint density at radius 2 is 2.22 bits per heavy atom. The second-order valence-corrected chi connectivity index (χ2v) is 9.03. The summed E-state index contributed by atoms with van der Waals surface area (Å²) in [5.41, 5.74) is 2.80. The Labute approximate surface area is 212 Å². The van der Waals surface area contributed by atoms with Gasteiger partial charge in [0.25, 0.3) is 5.91 Å². The smallest absolute Gasteiger partial charge is 0.273 e. The van der Waals surface area contributed by atoms with Gasteiger partial charge in [0, 0.05) is 30.6 Å². The second-order valence-electron chi connectivity index (χ2n) is 8.62. The summed E-state index contributed by atoms with van der Waals surface area (Å²) in [6.45, 7) is 3.03. The molecule has 1 saturated heterocycles. The van der Waals surface area contributed by atoms with Gasteiger partial charge in [0.15, 0.2) is 11.9 Å². The molecule has 3 aromatic heterocycles. The van der Waals surface area contributed by atoms with Crippen LogP contribution in [-0.4, -0.2) is 43.1 Å². The summed E-state index contributed by atoms with van der Waals surface area (Å²) in [7, 11) is 0. The van der Waals surface area contributed by atoms with Crippen LogP contribution in [0.2, 0.25) is 5.02 Å². The van der Waals surface area contributed by atoms with Gasteiger partial charge in [-0.05, 0) is 50.5 Å². The fourth-order valence-electron chi connectivity index (χ4n) is 4.13. The highest BCUT2D eigenvalue weighted by Crippen LogP contribution is 2.28. The molecule has 0 aliphatic carbocycles. The van der Waals surface area contributed by atoms with E-state index in [0.717, 1.165) is 30.5 Å². The van der Waals surface area contributed by atoms with Crippen LogP contribution in [0.3, 0.4) is 0 Å². The van der Waals surface area contributed by atoms with Crippen molar-refractivity contribution in [2.75, 3.05) is 6.61 Å². The monoisotopic (exact) mass is 505 g/mol. The van der Waals surface area contributed by atoms with Crippen molar-refractivity contribution in [3.05, 3.63) is 65.3 Å². The van der Waals surface area contributed by atoms with E-state index in [1.54, 1.807) is 39.8 Å². The Morgan fingerprint density at radius 1 is 1.33 bits per heavy atom. The van der Waals surface area contributed by atoms with E-state index < -0.39 is 0 Å². The maximum absolute atomic E-state index is 12.8. The average Bonchev–Trinajstić information content (AvgIpc) is 3.65. The number of halogens is 1. The SMILES string of the molecule is CC(Cn1ccc(-c2ccc(C#N)c(Cl)c2)n1)NC(=O)c1coc(-c2ccnn2C2CCCCO2)n1. The van der Waals surface area contributed by atoms with Crippen LogP contribution in [-0.2, 0) is 11.3 Å². The molecule has 11 heteroatoms. The number of nitriles is 1. The molecule has 4 aromatic rings. The van der Waals surface area contributed by atoms with Crippen molar-refractivity contribution in [3.8, 4) is 28.9 Å². The molecule has 0 spiro atoms. The van der Waals surface area contributed by atoms with Crippen LogP contribution in [0.1, 0.15) is 48.5 Å². The summed E-state index contributed by atoms with van der Waals surface area (Å²) >= 11 is 6.14. The zero-order chi connectivity index (χ0) is 25.1. The van der Waals surface area contributed by atoms with Gasteiger partial charge in [-0.15, -0.1) is 0 Å². The predicted octanol–water partition coefficient (Wildman–Crippen LogP) is 4.44. The summed E-state index contributed by atoms with van der Waals surface area (Å²) < 4.78 is 14.9. The van der Waals surface area contributed by atoms with E-state index in [1.165, 1.54) is 6.26 Å². The molecule has 0 saturated carbocycles. The minimum atomic E-state index is -0.344. The van der Waals surface area contributed by atoms with Gasteiger partial charge in [0.1, 0.15) is 18.0 Å². The van der Waals surface area contributed by atoms with E-state index in [4.69, 9.17) is 26.0 Å². The number of hydrogen-bond acceptors (Lipinski definition) is 7. The molecule has 10 nitrogen and oxygen atoms in total. The molecule has 2 atom stereocenters. The number of rotatable bonds is 7. The fourth-order valence-corrected chi connectivity index (χ4v) is 4.35. The minimum absolute atomic E-state index is 0.160. The lowest BCUT2D eigenvalue weighted by molar-refractivity contribution is -0.0386. The number of nitrogens with one attached hydrogen (secondary N) is 1. The maximum Gasteiger partial charge on any atom is 0.273 e. The standard InChI is InChI=1S/C25H24ClN7O3/c1-16(14-32-10-8-20(31-32)17-5-6-18(13-27)19(26)12-17)29-24(34)21-15-36-25(30-21)22-7-9-28-33(22)23-4-2-3-11-35-23/h5-10,12,15-16,23H,2-4,11,14H2,1H3,(H,29,34). The zero-order valence-electron chi connectivity index (χ0n) is 19.6. The highest BCUT2D eigenvalue weighted by Gasteiger charge is 2.23. The number of carbonyl (C=O) groups is 1. The molecule has 1 aliphatic heterocycles. The molecule has 36 heavy (non-hydrogen) atoms. The number of carbonyl (C=O) groups excluding carboxylic acids is 1. The Bertz CT molecular complexity index is 1410. The van der Waals surface area contributed by atoms with Gasteiger partial charge in [0.2, 0.25) is 5.89 Å². The van der Waals surface area contributed by atoms with Crippen molar-refractivity contribution < 1.29 is 13.9 Å². The predicted molar refractivity (Wildman–Crippen MR) is 131 cm³/mol. The molecular formula is C25H24ClN7O3. The van der Waals surface area contributed by atoms with Crippen molar-refractivity contribution in [2.45, 2.75) is 45.0 Å². The van der Waals surface area contributed by atoms with E-state index >= 15 is 0 Å². The van der Waals surface area contributed by atoms with Crippen LogP contribution in [0.5, 0.6) is 0 Å². The number of aromatic nitrogens is 5. The van der Waals surface area contributed by atoms with Gasteiger partial charge in [-0.2, -0.15) is 15.5 Å². The van der Waals surface area contributed by atoms with Crippen LogP contribution in [0.15, 0.2) is 53.4 Å². The van der Waals surface area contributed by atoms with Crippen molar-refractivity contribution in [1.29, 1.82) is 5.26 Å². The van der Waals surface area contributed by atoms with Crippen LogP contribution >= 0.6 is 11.6 Å². The normalized spacial score (nSPS) is 16.4. The largest absolute Gasteiger partial charge is 0.442 e. The number of oxazole rings is 1. The molecule has 1 fully saturated rings. The lowest BCUT2D eigenvalue weighted by atomic mass is 10.1. The van der Waals surface area contributed by atoms with Crippen molar-refractivity contribution in [1.82, 2.24) is 29.9 Å². The highest BCUT2D eigenvalue weighted by molar-refractivity contribution is 6.32. The molecule has 0 radical (unpaired) electrons. The van der Waals surface area contributed by atoms with Gasteiger partial charge < -0.3 is 14.5 Å². The van der Waals surface area contributed by atoms with Crippen LogP contribution in [0, 0.1) is 11.3 Å². The molecule has 1 aromatic carbocycles. The summed E-state index contributed by atoms with van der Waals surface area (Å²) in [4.78, 5) is 17.2. The average molecular weight is 506 g/mol. The van der Waals surface area contributed by atoms with E-state index in [2.05, 4.69) is 20.5 Å². The van der Waals surface area contributed by atoms with Crippen LogP contribution < -0.4 is 5.32 Å². The van der Waals surface area contributed by atoms with Gasteiger partial charge in [-0.25, -0.2) is 9.67 Å². The summed E-state index contributed by atoms with van der Waals surface area (Å²) in [6, 6.07) is 10.7. The first kappa shape index (κ1) is 23.8. The first-order chi connectivity index (χ1) is 17.5. The number of amides is 1. The number of benzene rings is 1. The van der Waals surface area contributed by atoms with E-state index in [-0.39, 0.29) is 23.9 Å². The number of nitrogens with zero attached hydrogens (tertiary/aromatic N) is 6. The highest BCUT2D eigenvalue weighted by atomic mass is 35.5. The molecule has 1 aliphatic rings. The van der Waals surface area contributed by atoms with E-state index in [1.807, 2.05) is 25.3 Å². The van der Waals surface area contributed by atoms with Crippen molar-refractivity contribution in [3.63, 3.8) is 0 Å². The summed E-state index contributed by atoms with van der Waals surface area (Å²) in [5, 5.41) is 21.3. The Kier molecular flexibility index (Phi) is 6.84. The van der Waals surface area contributed by atoms with E-state index in [0.29, 0.717) is 35.3 Å². The lowest BCUT2D eigenvalue weighted by Crippen LogP contribution is -2.36. The fraction of sp³-hybridized carbons (Fsp3) is 0.320. The molecule has 0 bridgehead atoms. The number of ether oxygens (including phenoxy) is 1. The summed E-state index contributed by atoms with van der Waals surface area (Å²) in [5.74, 6) is -0.0268. The Morgan fingerprint density at radius 3 is 3.00 bits per heavy atom. The van der Waals surface area contributed by atoms with Gasteiger partial charge in [-0.1, -0.05) is 17.7 Å². The quantitative estimate of drug-likeness (QED) is 0.393. The third-order valence-electron chi connectivity index (χ3n) is 5.92. The first-order valence-corrected chi connectivity index (χ1v) is 12.0. The molecule has 1 N–H and O–H groups in total. The van der Waals surface area contributed by atoms with Crippen LogP contribution in [0.25, 0.3) is 22.8 Å². The molecular weight excluding hydrogens is 482 g/mol. The lowest BCUT2D eigenvalue weighted by Gasteiger charge is -2.23. The van der Waals surface area contributed by atoms with Crippen molar-refractivity contribution >= 4 is 17.5 Å². The number of hydrogen-bond donors (Lipinski definition) is 1. The Balaban J connectivity index is 1.21. The minimum Gasteiger partial charge on any atom is -0.442 e. The molecule has 4 heterocycles. The molecule has 184 valence electrons. The molecule has 2 unspecified atom stereocenters. The first-order valence-electron chi connectivity index (χ1n) is 11.7. The zero-order valence-corrected chi connectivity index (χ0v) is 20.4. The second kappa shape index (κ2) is 10.4. The maximum atomic E-state index is 12.8. The summed E-state index contributed by atoms with van der Waals surface area (Å²) in [6.07, 6.45) is 7.66. The topological polar surface area (TPSA) is 124 Å². The Hall–Kier alpha value is -3.94. The van der Waals surface area contributed by atoms with Gasteiger partial charge >= 0.3 is 0 Å². The van der Waals surface area contributed by atoms with Gasteiger partial charge in [0.05, 0.1) is 22.8 Å². The molecule has 5 rings (SSSR count). The third-order valence-corrected chi connectivity index (χ3v) is 6.23. The van der Waals surface area contributed by atoms with Gasteiger partial charge in [-0.3, -0.25) is 9.48 Å². The third kappa shape index (κ3) is 5.03. The molecule has 1 amide bonds. The van der Waals surface area contributed by atoms with Crippen molar-refractivity contribution in [2.24, 2.45) is 0 Å². The van der Waals surface area contributed by atoms with E-state index in [9.17, 15) is 4.79 Å². The van der Waals surface area contributed by atoms with Crippen LogP contribution in [0.4, 0.5) is 0 Å².